The first-order chi connectivity index (χ1) is 7.33. The van der Waals surface area contributed by atoms with Gasteiger partial charge in [-0.25, -0.2) is 0 Å². The van der Waals surface area contributed by atoms with E-state index >= 15 is 0 Å². The summed E-state index contributed by atoms with van der Waals surface area (Å²) in [6.45, 7) is 2.94. The molecule has 1 aliphatic heterocycles. The van der Waals surface area contributed by atoms with Crippen LogP contribution in [0.2, 0.25) is 0 Å². The van der Waals surface area contributed by atoms with Crippen LogP contribution < -0.4 is 0 Å². The summed E-state index contributed by atoms with van der Waals surface area (Å²) in [5.74, 6) is 0.391. The van der Waals surface area contributed by atoms with E-state index in [1.165, 1.54) is 25.7 Å². The molecule has 1 fully saturated rings. The van der Waals surface area contributed by atoms with Crippen molar-refractivity contribution in [3.63, 3.8) is 0 Å². The largest absolute Gasteiger partial charge is 0.378 e. The highest BCUT2D eigenvalue weighted by molar-refractivity contribution is 5.78. The molecule has 1 heterocycles. The second-order valence-electron chi connectivity index (χ2n) is 4.52. The van der Waals surface area contributed by atoms with Gasteiger partial charge in [0.1, 0.15) is 5.78 Å². The third-order valence-corrected chi connectivity index (χ3v) is 3.11. The first-order valence-corrected chi connectivity index (χ1v) is 6.46. The van der Waals surface area contributed by atoms with Gasteiger partial charge in [-0.3, -0.25) is 4.79 Å². The number of hydrogen-bond acceptors (Lipinski definition) is 2. The molecule has 0 aliphatic carbocycles. The van der Waals surface area contributed by atoms with E-state index in [0.717, 1.165) is 32.3 Å². The lowest BCUT2D eigenvalue weighted by Gasteiger charge is -2.16. The molecular formula is C13H24O2. The molecule has 0 aromatic rings. The Kier molecular flexibility index (Phi) is 6.66. The third-order valence-electron chi connectivity index (χ3n) is 3.11. The van der Waals surface area contributed by atoms with Gasteiger partial charge in [0.25, 0.3) is 0 Å². The van der Waals surface area contributed by atoms with E-state index in [-0.39, 0.29) is 6.10 Å². The molecule has 1 unspecified atom stereocenters. The highest BCUT2D eigenvalue weighted by Gasteiger charge is 2.12. The van der Waals surface area contributed by atoms with Gasteiger partial charge >= 0.3 is 0 Å². The minimum absolute atomic E-state index is 0.178. The molecule has 1 saturated heterocycles. The predicted octanol–water partition coefficient (Wildman–Crippen LogP) is 3.49. The molecule has 0 saturated carbocycles. The lowest BCUT2D eigenvalue weighted by Crippen LogP contribution is -2.18. The lowest BCUT2D eigenvalue weighted by atomic mass is 10.0. The van der Waals surface area contributed by atoms with Crippen LogP contribution in [0.4, 0.5) is 0 Å². The topological polar surface area (TPSA) is 26.3 Å². The van der Waals surface area contributed by atoms with Crippen LogP contribution in [0.5, 0.6) is 0 Å². The summed E-state index contributed by atoms with van der Waals surface area (Å²) >= 11 is 0. The molecule has 0 aromatic heterocycles. The van der Waals surface area contributed by atoms with Crippen LogP contribution in [0.3, 0.4) is 0 Å². The molecule has 2 heteroatoms. The highest BCUT2D eigenvalue weighted by atomic mass is 16.5. The SMILES string of the molecule is CCC1CC(=O)CCCCCCCCO1. The zero-order chi connectivity index (χ0) is 10.9. The molecule has 2 nitrogen and oxygen atoms in total. The Morgan fingerprint density at radius 1 is 1.13 bits per heavy atom. The van der Waals surface area contributed by atoms with Crippen molar-refractivity contribution in [3.05, 3.63) is 0 Å². The zero-order valence-corrected chi connectivity index (χ0v) is 9.96. The minimum Gasteiger partial charge on any atom is -0.378 e. The van der Waals surface area contributed by atoms with Crippen LogP contribution in [0.25, 0.3) is 0 Å². The number of ether oxygens (including phenoxy) is 1. The quantitative estimate of drug-likeness (QED) is 0.665. The average Bonchev–Trinajstić information content (AvgIpc) is 2.22. The molecule has 0 amide bonds. The summed E-state index contributed by atoms with van der Waals surface area (Å²) in [7, 11) is 0. The molecule has 1 atom stereocenters. The molecule has 0 aromatic carbocycles. The Balaban J connectivity index is 2.32. The maximum Gasteiger partial charge on any atom is 0.135 e. The zero-order valence-electron chi connectivity index (χ0n) is 9.96. The number of Topliss-reactive ketones (excluding diaryl/α,β-unsaturated/α-hetero) is 1. The first-order valence-electron chi connectivity index (χ1n) is 6.46. The molecule has 15 heavy (non-hydrogen) atoms. The highest BCUT2D eigenvalue weighted by Crippen LogP contribution is 2.13. The van der Waals surface area contributed by atoms with Crippen LogP contribution in [-0.4, -0.2) is 18.5 Å². The van der Waals surface area contributed by atoms with Gasteiger partial charge in [-0.05, 0) is 19.3 Å². The Bertz CT molecular complexity index is 177. The minimum atomic E-state index is 0.178. The fraction of sp³-hybridized carbons (Fsp3) is 0.923. The van der Waals surface area contributed by atoms with Gasteiger partial charge in [0.05, 0.1) is 6.10 Å². The molecular weight excluding hydrogens is 188 g/mol. The maximum atomic E-state index is 11.6. The normalized spacial score (nSPS) is 26.7. The maximum absolute atomic E-state index is 11.6. The van der Waals surface area contributed by atoms with Gasteiger partial charge in [-0.2, -0.15) is 0 Å². The molecule has 0 bridgehead atoms. The smallest absolute Gasteiger partial charge is 0.135 e. The van der Waals surface area contributed by atoms with Gasteiger partial charge in [-0.1, -0.05) is 32.6 Å². The van der Waals surface area contributed by atoms with Crippen LogP contribution in [-0.2, 0) is 9.53 Å². The van der Waals surface area contributed by atoms with Crippen molar-refractivity contribution in [2.24, 2.45) is 0 Å². The average molecular weight is 212 g/mol. The molecule has 88 valence electrons. The number of ketones is 1. The molecule has 1 rings (SSSR count). The number of carbonyl (C=O) groups is 1. The second kappa shape index (κ2) is 7.86. The Morgan fingerprint density at radius 3 is 2.53 bits per heavy atom. The fourth-order valence-electron chi connectivity index (χ4n) is 2.06. The van der Waals surface area contributed by atoms with Crippen molar-refractivity contribution < 1.29 is 9.53 Å². The van der Waals surface area contributed by atoms with Gasteiger partial charge in [0.15, 0.2) is 0 Å². The van der Waals surface area contributed by atoms with Gasteiger partial charge in [0.2, 0.25) is 0 Å². The van der Waals surface area contributed by atoms with Gasteiger partial charge in [0, 0.05) is 19.4 Å². The summed E-state index contributed by atoms with van der Waals surface area (Å²) in [6.07, 6.45) is 9.87. The summed E-state index contributed by atoms with van der Waals surface area (Å²) in [5, 5.41) is 0. The van der Waals surface area contributed by atoms with Crippen LogP contribution in [0.15, 0.2) is 0 Å². The third kappa shape index (κ3) is 5.93. The van der Waals surface area contributed by atoms with Crippen molar-refractivity contribution in [3.8, 4) is 0 Å². The summed E-state index contributed by atoms with van der Waals surface area (Å²) in [6, 6.07) is 0. The monoisotopic (exact) mass is 212 g/mol. The van der Waals surface area contributed by atoms with E-state index in [0.29, 0.717) is 12.2 Å². The lowest BCUT2D eigenvalue weighted by molar-refractivity contribution is -0.122. The number of rotatable bonds is 1. The Morgan fingerprint density at radius 2 is 1.80 bits per heavy atom. The predicted molar refractivity (Wildman–Crippen MR) is 62.0 cm³/mol. The van der Waals surface area contributed by atoms with Gasteiger partial charge in [-0.15, -0.1) is 0 Å². The van der Waals surface area contributed by atoms with Gasteiger partial charge < -0.3 is 4.74 Å². The van der Waals surface area contributed by atoms with Crippen molar-refractivity contribution in [1.29, 1.82) is 0 Å². The van der Waals surface area contributed by atoms with Crippen molar-refractivity contribution >= 4 is 5.78 Å². The van der Waals surface area contributed by atoms with E-state index < -0.39 is 0 Å². The Hall–Kier alpha value is -0.370. The summed E-state index contributed by atoms with van der Waals surface area (Å²) in [5.41, 5.74) is 0. The molecule has 0 radical (unpaired) electrons. The van der Waals surface area contributed by atoms with E-state index in [9.17, 15) is 4.79 Å². The number of carbonyl (C=O) groups excluding carboxylic acids is 1. The molecule has 0 N–H and O–H groups in total. The van der Waals surface area contributed by atoms with Crippen molar-refractivity contribution in [2.75, 3.05) is 6.61 Å². The van der Waals surface area contributed by atoms with Crippen molar-refractivity contribution in [2.45, 2.75) is 70.8 Å². The summed E-state index contributed by atoms with van der Waals surface area (Å²) in [4.78, 5) is 11.6. The van der Waals surface area contributed by atoms with E-state index in [4.69, 9.17) is 4.74 Å². The summed E-state index contributed by atoms with van der Waals surface area (Å²) < 4.78 is 5.71. The van der Waals surface area contributed by atoms with E-state index in [1.807, 2.05) is 0 Å². The molecule has 1 aliphatic rings. The molecule has 0 spiro atoms. The standard InChI is InChI=1S/C13H24O2/c1-2-13-11-12(14)9-7-5-3-4-6-8-10-15-13/h13H,2-11H2,1H3. The van der Waals surface area contributed by atoms with E-state index in [2.05, 4.69) is 6.92 Å². The Labute approximate surface area is 93.4 Å². The number of hydrogen-bond donors (Lipinski definition) is 0. The van der Waals surface area contributed by atoms with E-state index in [1.54, 1.807) is 0 Å². The van der Waals surface area contributed by atoms with Crippen LogP contribution in [0, 0.1) is 0 Å². The fourth-order valence-corrected chi connectivity index (χ4v) is 2.06. The second-order valence-corrected chi connectivity index (χ2v) is 4.52. The van der Waals surface area contributed by atoms with Crippen LogP contribution in [0.1, 0.15) is 64.7 Å². The van der Waals surface area contributed by atoms with Crippen LogP contribution >= 0.6 is 0 Å². The first kappa shape index (κ1) is 12.7. The van der Waals surface area contributed by atoms with Crippen molar-refractivity contribution in [1.82, 2.24) is 0 Å².